The number of rotatable bonds is 6. The van der Waals surface area contributed by atoms with E-state index in [0.717, 1.165) is 33.2 Å². The monoisotopic (exact) mass is 462 g/mol. The second kappa shape index (κ2) is 8.25. The molecule has 1 unspecified atom stereocenters. The highest BCUT2D eigenvalue weighted by Gasteiger charge is 2.38. The van der Waals surface area contributed by atoms with Crippen molar-refractivity contribution < 1.29 is 17.6 Å². The van der Waals surface area contributed by atoms with Gasteiger partial charge in [-0.3, -0.25) is 0 Å². The van der Waals surface area contributed by atoms with Gasteiger partial charge in [-0.15, -0.1) is 0 Å². The fourth-order valence-corrected chi connectivity index (χ4v) is 4.83. The van der Waals surface area contributed by atoms with Gasteiger partial charge >= 0.3 is 0 Å². The largest absolute Gasteiger partial charge is 0.497 e. The lowest BCUT2D eigenvalue weighted by Crippen LogP contribution is -2.26. The van der Waals surface area contributed by atoms with Crippen LogP contribution in [0.15, 0.2) is 88.7 Å². The first-order valence-corrected chi connectivity index (χ1v) is 12.2. The number of sulfonamides is 1. The Morgan fingerprint density at radius 1 is 1.03 bits per heavy atom. The van der Waals surface area contributed by atoms with Crippen LogP contribution >= 0.6 is 0 Å². The third kappa shape index (κ3) is 4.03. The molecule has 3 heterocycles. The number of hydrazone groups is 1. The van der Waals surface area contributed by atoms with Crippen molar-refractivity contribution in [3.8, 4) is 22.7 Å². The molecule has 1 aliphatic heterocycles. The Bertz CT molecular complexity index is 1390. The van der Waals surface area contributed by atoms with Crippen molar-refractivity contribution >= 4 is 15.7 Å². The Labute approximate surface area is 191 Å². The predicted octanol–water partition coefficient (Wildman–Crippen LogP) is 4.25. The molecule has 0 fully saturated rings. The normalized spacial score (nSPS) is 16.1. The first kappa shape index (κ1) is 21.0. The van der Waals surface area contributed by atoms with Gasteiger partial charge in [-0.2, -0.15) is 14.6 Å². The molecule has 0 bridgehead atoms. The molecular weight excluding hydrogens is 440 g/mol. The average molecular weight is 463 g/mol. The number of hydrogen-bond acceptors (Lipinski definition) is 6. The molecule has 9 heteroatoms. The molecule has 8 nitrogen and oxygen atoms in total. The molecule has 4 aromatic rings. The highest BCUT2D eigenvalue weighted by Crippen LogP contribution is 2.39. The second-order valence-electron chi connectivity index (χ2n) is 7.72. The van der Waals surface area contributed by atoms with Gasteiger partial charge < -0.3 is 9.15 Å². The summed E-state index contributed by atoms with van der Waals surface area (Å²) < 4.78 is 39.1. The van der Waals surface area contributed by atoms with Crippen LogP contribution in [0.25, 0.3) is 16.9 Å². The lowest BCUT2D eigenvalue weighted by molar-refractivity contribution is 0.375. The highest BCUT2D eigenvalue weighted by molar-refractivity contribution is 7.88. The van der Waals surface area contributed by atoms with E-state index in [2.05, 4.69) is 5.10 Å². The van der Waals surface area contributed by atoms with Gasteiger partial charge in [0, 0.05) is 23.7 Å². The summed E-state index contributed by atoms with van der Waals surface area (Å²) in [5, 5.41) is 9.25. The average Bonchev–Trinajstić information content (AvgIpc) is 3.58. The van der Waals surface area contributed by atoms with Crippen LogP contribution in [0.2, 0.25) is 0 Å². The highest BCUT2D eigenvalue weighted by atomic mass is 32.2. The quantitative estimate of drug-likeness (QED) is 0.427. The maximum Gasteiger partial charge on any atom is 0.247 e. The third-order valence-corrected chi connectivity index (χ3v) is 6.52. The number of furan rings is 1. The zero-order valence-corrected chi connectivity index (χ0v) is 18.9. The van der Waals surface area contributed by atoms with Crippen LogP contribution in [0.5, 0.6) is 5.75 Å². The molecule has 1 atom stereocenters. The van der Waals surface area contributed by atoms with Gasteiger partial charge in [0.15, 0.2) is 0 Å². The fraction of sp³-hybridized carbons (Fsp3) is 0.167. The van der Waals surface area contributed by atoms with E-state index in [1.807, 2.05) is 60.8 Å². The lowest BCUT2D eigenvalue weighted by Gasteiger charge is -2.21. The first-order valence-electron chi connectivity index (χ1n) is 10.3. The van der Waals surface area contributed by atoms with Gasteiger partial charge in [-0.25, -0.2) is 13.1 Å². The standard InChI is InChI=1S/C24H22N4O4S/c1-31-19-12-10-17(11-13-19)24-20(16-27(26-24)18-7-4-3-5-8-18)22-15-21(23-9-6-14-32-23)25-28(22)33(2,29)30/h3-14,16,22H,15H2,1-2H3. The Morgan fingerprint density at radius 2 is 1.79 bits per heavy atom. The molecule has 2 aromatic carbocycles. The molecule has 0 saturated carbocycles. The smallest absolute Gasteiger partial charge is 0.247 e. The molecule has 0 N–H and O–H groups in total. The van der Waals surface area contributed by atoms with E-state index in [9.17, 15) is 8.42 Å². The molecule has 0 radical (unpaired) electrons. The van der Waals surface area contributed by atoms with E-state index in [0.29, 0.717) is 23.6 Å². The lowest BCUT2D eigenvalue weighted by atomic mass is 9.99. The Morgan fingerprint density at radius 3 is 2.42 bits per heavy atom. The van der Waals surface area contributed by atoms with E-state index < -0.39 is 16.1 Å². The summed E-state index contributed by atoms with van der Waals surface area (Å²) in [4.78, 5) is 0. The maximum absolute atomic E-state index is 12.7. The van der Waals surface area contributed by atoms with Crippen molar-refractivity contribution in [2.24, 2.45) is 5.10 Å². The fourth-order valence-electron chi connectivity index (χ4n) is 3.93. The van der Waals surface area contributed by atoms with Gasteiger partial charge in [0.2, 0.25) is 10.0 Å². The SMILES string of the molecule is COc1ccc(-c2nn(-c3ccccc3)cc2C2CC(c3ccco3)=NN2S(C)(=O)=O)cc1. The molecule has 168 valence electrons. The van der Waals surface area contributed by atoms with Gasteiger partial charge in [0.05, 0.1) is 37.1 Å². The van der Waals surface area contributed by atoms with Gasteiger partial charge in [-0.05, 0) is 48.5 Å². The summed E-state index contributed by atoms with van der Waals surface area (Å²) in [5.74, 6) is 1.28. The van der Waals surface area contributed by atoms with Gasteiger partial charge in [0.25, 0.3) is 0 Å². The number of hydrogen-bond donors (Lipinski definition) is 0. The second-order valence-corrected chi connectivity index (χ2v) is 9.56. The third-order valence-electron chi connectivity index (χ3n) is 5.50. The molecule has 5 rings (SSSR count). The summed E-state index contributed by atoms with van der Waals surface area (Å²) in [6, 6.07) is 20.2. The summed E-state index contributed by atoms with van der Waals surface area (Å²) in [6.45, 7) is 0. The summed E-state index contributed by atoms with van der Waals surface area (Å²) >= 11 is 0. The van der Waals surface area contributed by atoms with Crippen LogP contribution < -0.4 is 4.74 Å². The van der Waals surface area contributed by atoms with Crippen molar-refractivity contribution in [2.75, 3.05) is 13.4 Å². The molecule has 1 aliphatic rings. The maximum atomic E-state index is 12.7. The number of nitrogens with zero attached hydrogens (tertiary/aromatic N) is 4. The predicted molar refractivity (Wildman–Crippen MR) is 125 cm³/mol. The number of methoxy groups -OCH3 is 1. The summed E-state index contributed by atoms with van der Waals surface area (Å²) in [6.07, 6.45) is 4.94. The number of aromatic nitrogens is 2. The molecular formula is C24H22N4O4S. The van der Waals surface area contributed by atoms with Gasteiger partial charge in [-0.1, -0.05) is 18.2 Å². The van der Waals surface area contributed by atoms with E-state index in [1.165, 1.54) is 0 Å². The zero-order chi connectivity index (χ0) is 23.0. The molecule has 0 spiro atoms. The summed E-state index contributed by atoms with van der Waals surface area (Å²) in [5.41, 5.74) is 3.72. The van der Waals surface area contributed by atoms with Crippen molar-refractivity contribution in [1.29, 1.82) is 0 Å². The van der Waals surface area contributed by atoms with Crippen molar-refractivity contribution in [2.45, 2.75) is 12.5 Å². The van der Waals surface area contributed by atoms with E-state index in [-0.39, 0.29) is 0 Å². The molecule has 33 heavy (non-hydrogen) atoms. The van der Waals surface area contributed by atoms with Crippen LogP contribution in [0.3, 0.4) is 0 Å². The van der Waals surface area contributed by atoms with Crippen molar-refractivity contribution in [1.82, 2.24) is 14.2 Å². The Balaban J connectivity index is 1.64. The van der Waals surface area contributed by atoms with Crippen LogP contribution in [0.4, 0.5) is 0 Å². The number of benzene rings is 2. The number of ether oxygens (including phenoxy) is 1. The molecule has 0 aliphatic carbocycles. The van der Waals surface area contributed by atoms with E-state index in [1.54, 1.807) is 30.2 Å². The molecule has 2 aromatic heterocycles. The van der Waals surface area contributed by atoms with Crippen molar-refractivity contribution in [3.05, 3.63) is 90.5 Å². The first-order chi connectivity index (χ1) is 15.9. The van der Waals surface area contributed by atoms with Crippen LogP contribution in [0.1, 0.15) is 23.8 Å². The minimum atomic E-state index is -3.64. The van der Waals surface area contributed by atoms with Crippen molar-refractivity contribution in [3.63, 3.8) is 0 Å². The van der Waals surface area contributed by atoms with E-state index in [4.69, 9.17) is 14.3 Å². The van der Waals surface area contributed by atoms with Crippen LogP contribution in [-0.2, 0) is 10.0 Å². The topological polar surface area (TPSA) is 89.9 Å². The Kier molecular flexibility index (Phi) is 5.26. The molecule has 0 amide bonds. The van der Waals surface area contributed by atoms with Gasteiger partial charge in [0.1, 0.15) is 17.2 Å². The molecule has 0 saturated heterocycles. The van der Waals surface area contributed by atoms with Crippen LogP contribution in [-0.4, -0.2) is 41.7 Å². The number of para-hydroxylation sites is 1. The minimum Gasteiger partial charge on any atom is -0.497 e. The zero-order valence-electron chi connectivity index (χ0n) is 18.1. The Hall–Kier alpha value is -3.85. The minimum absolute atomic E-state index is 0.365. The summed E-state index contributed by atoms with van der Waals surface area (Å²) in [7, 11) is -2.03. The van der Waals surface area contributed by atoms with E-state index >= 15 is 0 Å². The van der Waals surface area contributed by atoms with Crippen LogP contribution in [0, 0.1) is 0 Å².